The maximum atomic E-state index is 13.2. The molecule has 4 rings (SSSR count). The van der Waals surface area contributed by atoms with Crippen molar-refractivity contribution in [2.75, 3.05) is 37.6 Å². The third-order valence-corrected chi connectivity index (χ3v) is 5.17. The van der Waals surface area contributed by atoms with Crippen LogP contribution in [-0.4, -0.2) is 48.7 Å². The zero-order chi connectivity index (χ0) is 21.1. The van der Waals surface area contributed by atoms with E-state index in [2.05, 4.69) is 10.3 Å². The molecular weight excluding hydrogens is 384 g/mol. The van der Waals surface area contributed by atoms with Gasteiger partial charge < -0.3 is 14.8 Å². The lowest BCUT2D eigenvalue weighted by Gasteiger charge is -2.16. The number of nitrogens with zero attached hydrogens (tertiary/aromatic N) is 3. The summed E-state index contributed by atoms with van der Waals surface area (Å²) in [4.78, 5) is 32.3. The topological polar surface area (TPSA) is 85.7 Å². The summed E-state index contributed by atoms with van der Waals surface area (Å²) in [7, 11) is 3.18. The summed E-state index contributed by atoms with van der Waals surface area (Å²) in [6, 6.07) is 14.2. The molecule has 0 radical (unpaired) electrons. The smallest absolute Gasteiger partial charge is 0.253 e. The number of rotatable bonds is 8. The molecule has 2 heterocycles. The molecule has 3 aromatic rings. The molecule has 1 aromatic heterocycles. The molecule has 8 nitrogen and oxygen atoms in total. The molecule has 156 valence electrons. The van der Waals surface area contributed by atoms with E-state index in [9.17, 15) is 9.59 Å². The average Bonchev–Trinajstić information content (AvgIpc) is 3.24. The first-order chi connectivity index (χ1) is 14.6. The van der Waals surface area contributed by atoms with Gasteiger partial charge in [-0.3, -0.25) is 19.1 Å². The van der Waals surface area contributed by atoms with Crippen molar-refractivity contribution in [3.05, 3.63) is 48.5 Å². The van der Waals surface area contributed by atoms with Crippen molar-refractivity contribution >= 4 is 34.5 Å². The lowest BCUT2D eigenvalue weighted by Crippen LogP contribution is -2.32. The zero-order valence-corrected chi connectivity index (χ0v) is 17.0. The van der Waals surface area contributed by atoms with Crippen LogP contribution in [-0.2, 0) is 14.3 Å². The van der Waals surface area contributed by atoms with E-state index in [4.69, 9.17) is 9.47 Å². The number of fused-ring (bicyclic) bond motifs is 3. The molecule has 1 unspecified atom stereocenters. The van der Waals surface area contributed by atoms with E-state index in [0.29, 0.717) is 37.0 Å². The standard InChI is InChI=1S/C22H24N4O4/c1-29-13-7-12-25-21(28)18(26-17-10-5-3-8-15(17)24-22(25)26)14-20(27)23-16-9-4-6-11-19(16)30-2/h3-6,8-11,18H,7,12-14H2,1-2H3,(H,23,27). The molecule has 2 aromatic carbocycles. The number of imidazole rings is 1. The average molecular weight is 408 g/mol. The van der Waals surface area contributed by atoms with Gasteiger partial charge in [-0.25, -0.2) is 4.98 Å². The minimum atomic E-state index is -0.648. The Bertz CT molecular complexity index is 1080. The molecule has 1 atom stereocenters. The summed E-state index contributed by atoms with van der Waals surface area (Å²) in [5, 5.41) is 2.86. The van der Waals surface area contributed by atoms with E-state index < -0.39 is 6.04 Å². The predicted octanol–water partition coefficient (Wildman–Crippen LogP) is 3.00. The largest absolute Gasteiger partial charge is 0.495 e. The number of benzene rings is 2. The number of hydrogen-bond acceptors (Lipinski definition) is 5. The molecule has 0 saturated heterocycles. The maximum Gasteiger partial charge on any atom is 0.253 e. The van der Waals surface area contributed by atoms with E-state index in [1.165, 1.54) is 0 Å². The number of anilines is 2. The van der Waals surface area contributed by atoms with Gasteiger partial charge in [0.15, 0.2) is 0 Å². The van der Waals surface area contributed by atoms with Crippen LogP contribution in [0.1, 0.15) is 18.9 Å². The monoisotopic (exact) mass is 408 g/mol. The van der Waals surface area contributed by atoms with Crippen LogP contribution in [0.25, 0.3) is 11.0 Å². The molecule has 0 aliphatic carbocycles. The van der Waals surface area contributed by atoms with Crippen LogP contribution in [0.2, 0.25) is 0 Å². The van der Waals surface area contributed by atoms with Gasteiger partial charge in [-0.05, 0) is 30.7 Å². The number of hydrogen-bond donors (Lipinski definition) is 1. The second-order valence-corrected chi connectivity index (χ2v) is 7.08. The number of amides is 2. The Kier molecular flexibility index (Phi) is 5.67. The van der Waals surface area contributed by atoms with Gasteiger partial charge in [0, 0.05) is 20.3 Å². The third-order valence-electron chi connectivity index (χ3n) is 5.17. The van der Waals surface area contributed by atoms with Crippen LogP contribution >= 0.6 is 0 Å². The van der Waals surface area contributed by atoms with Crippen LogP contribution in [0, 0.1) is 0 Å². The number of aromatic nitrogens is 2. The molecule has 0 bridgehead atoms. The number of carbonyl (C=O) groups excluding carboxylic acids is 2. The molecule has 1 aliphatic heterocycles. The summed E-state index contributed by atoms with van der Waals surface area (Å²) in [6.45, 7) is 1.03. The Labute approximate surface area is 174 Å². The van der Waals surface area contributed by atoms with Gasteiger partial charge in [0.05, 0.1) is 30.3 Å². The third kappa shape index (κ3) is 3.61. The highest BCUT2D eigenvalue weighted by Gasteiger charge is 2.40. The highest BCUT2D eigenvalue weighted by atomic mass is 16.5. The Hall–Kier alpha value is -3.39. The van der Waals surface area contributed by atoms with Crippen molar-refractivity contribution in [1.82, 2.24) is 9.55 Å². The molecule has 0 spiro atoms. The van der Waals surface area contributed by atoms with E-state index in [-0.39, 0.29) is 18.2 Å². The molecule has 0 saturated carbocycles. The van der Waals surface area contributed by atoms with Gasteiger partial charge >= 0.3 is 0 Å². The van der Waals surface area contributed by atoms with Gasteiger partial charge in [-0.15, -0.1) is 0 Å². The number of methoxy groups -OCH3 is 2. The van der Waals surface area contributed by atoms with Gasteiger partial charge in [0.1, 0.15) is 11.8 Å². The van der Waals surface area contributed by atoms with Crippen molar-refractivity contribution in [3.8, 4) is 5.75 Å². The lowest BCUT2D eigenvalue weighted by atomic mass is 10.1. The molecule has 8 heteroatoms. The van der Waals surface area contributed by atoms with Crippen LogP contribution in [0.5, 0.6) is 5.75 Å². The highest BCUT2D eigenvalue weighted by molar-refractivity contribution is 6.05. The quantitative estimate of drug-likeness (QED) is 0.579. The van der Waals surface area contributed by atoms with Crippen LogP contribution in [0.15, 0.2) is 48.5 Å². The van der Waals surface area contributed by atoms with Crippen molar-refractivity contribution in [1.29, 1.82) is 0 Å². The second kappa shape index (κ2) is 8.54. The van der Waals surface area contributed by atoms with Crippen LogP contribution in [0.3, 0.4) is 0 Å². The maximum absolute atomic E-state index is 13.2. The first-order valence-corrected chi connectivity index (χ1v) is 9.84. The summed E-state index contributed by atoms with van der Waals surface area (Å²) in [5.74, 6) is 0.751. The van der Waals surface area contributed by atoms with Crippen LogP contribution < -0.4 is 15.0 Å². The highest BCUT2D eigenvalue weighted by Crippen LogP contribution is 2.36. The van der Waals surface area contributed by atoms with Crippen LogP contribution in [0.4, 0.5) is 11.6 Å². The van der Waals surface area contributed by atoms with Gasteiger partial charge in [0.2, 0.25) is 11.9 Å². The van der Waals surface area contributed by atoms with Crippen molar-refractivity contribution in [2.45, 2.75) is 18.9 Å². The van der Waals surface area contributed by atoms with E-state index in [1.807, 2.05) is 41.0 Å². The van der Waals surface area contributed by atoms with Gasteiger partial charge in [-0.1, -0.05) is 24.3 Å². The number of carbonyl (C=O) groups is 2. The van der Waals surface area contributed by atoms with Crippen molar-refractivity contribution < 1.29 is 19.1 Å². The fourth-order valence-electron chi connectivity index (χ4n) is 3.80. The van der Waals surface area contributed by atoms with Gasteiger partial charge in [0.25, 0.3) is 5.91 Å². The normalized spacial score (nSPS) is 15.5. The molecule has 30 heavy (non-hydrogen) atoms. The minimum Gasteiger partial charge on any atom is -0.495 e. The Morgan fingerprint density at radius 1 is 1.13 bits per heavy atom. The predicted molar refractivity (Wildman–Crippen MR) is 114 cm³/mol. The Balaban J connectivity index is 1.61. The fourth-order valence-corrected chi connectivity index (χ4v) is 3.80. The van der Waals surface area contributed by atoms with E-state index >= 15 is 0 Å². The Morgan fingerprint density at radius 2 is 1.90 bits per heavy atom. The fraction of sp³-hybridized carbons (Fsp3) is 0.318. The summed E-state index contributed by atoms with van der Waals surface area (Å²) in [6.07, 6.45) is 0.691. The summed E-state index contributed by atoms with van der Waals surface area (Å²) < 4.78 is 12.3. The van der Waals surface area contributed by atoms with Crippen molar-refractivity contribution in [2.24, 2.45) is 0 Å². The molecule has 1 N–H and O–H groups in total. The number of ether oxygens (including phenoxy) is 2. The van der Waals surface area contributed by atoms with E-state index in [0.717, 1.165) is 11.0 Å². The molecular formula is C22H24N4O4. The zero-order valence-electron chi connectivity index (χ0n) is 17.0. The van der Waals surface area contributed by atoms with E-state index in [1.54, 1.807) is 31.3 Å². The molecule has 0 fully saturated rings. The first kappa shape index (κ1) is 19.9. The summed E-state index contributed by atoms with van der Waals surface area (Å²) in [5.41, 5.74) is 2.21. The van der Waals surface area contributed by atoms with Crippen molar-refractivity contribution in [3.63, 3.8) is 0 Å². The first-order valence-electron chi connectivity index (χ1n) is 9.84. The molecule has 1 aliphatic rings. The number of para-hydroxylation sites is 4. The molecule has 2 amide bonds. The SMILES string of the molecule is COCCCN1C(=O)C(CC(=O)Nc2ccccc2OC)n2c1nc1ccccc12. The Morgan fingerprint density at radius 3 is 2.70 bits per heavy atom. The minimum absolute atomic E-state index is 0.00497. The summed E-state index contributed by atoms with van der Waals surface area (Å²) >= 11 is 0. The second-order valence-electron chi connectivity index (χ2n) is 7.08. The number of nitrogens with one attached hydrogen (secondary N) is 1. The van der Waals surface area contributed by atoms with Gasteiger partial charge in [-0.2, -0.15) is 0 Å². The lowest BCUT2D eigenvalue weighted by molar-refractivity contribution is -0.124.